The van der Waals surface area contributed by atoms with Crippen molar-refractivity contribution in [3.05, 3.63) is 70.3 Å². The Bertz CT molecular complexity index is 859. The summed E-state index contributed by atoms with van der Waals surface area (Å²) < 4.78 is 0. The zero-order valence-corrected chi connectivity index (χ0v) is 15.3. The molecule has 2 heterocycles. The summed E-state index contributed by atoms with van der Waals surface area (Å²) in [6, 6.07) is 15.2. The van der Waals surface area contributed by atoms with Gasteiger partial charge in [0.2, 0.25) is 0 Å². The molecular formula is C23H26N2O. The van der Waals surface area contributed by atoms with Gasteiger partial charge in [-0.3, -0.25) is 4.79 Å². The van der Waals surface area contributed by atoms with Crippen molar-refractivity contribution >= 4 is 5.91 Å². The molecule has 1 amide bonds. The van der Waals surface area contributed by atoms with Crippen LogP contribution in [0, 0.1) is 0 Å². The molecular weight excluding hydrogens is 320 g/mol. The minimum atomic E-state index is 0.196. The number of hydrogen-bond donors (Lipinski definition) is 1. The van der Waals surface area contributed by atoms with Crippen molar-refractivity contribution in [2.45, 2.75) is 37.5 Å². The Balaban J connectivity index is 1.39. The van der Waals surface area contributed by atoms with E-state index < -0.39 is 0 Å². The molecule has 1 spiro atoms. The summed E-state index contributed by atoms with van der Waals surface area (Å²) >= 11 is 0. The Hall–Kier alpha value is -2.13. The third-order valence-electron chi connectivity index (χ3n) is 6.70. The molecule has 5 rings (SSSR count). The van der Waals surface area contributed by atoms with E-state index in [1.54, 1.807) is 0 Å². The normalized spacial score (nSPS) is 24.4. The van der Waals surface area contributed by atoms with E-state index in [-0.39, 0.29) is 11.3 Å². The summed E-state index contributed by atoms with van der Waals surface area (Å²) in [6.07, 6.45) is 5.53. The Morgan fingerprint density at radius 2 is 1.77 bits per heavy atom. The van der Waals surface area contributed by atoms with Gasteiger partial charge in [0.25, 0.3) is 5.91 Å². The highest BCUT2D eigenvalue weighted by molar-refractivity contribution is 5.95. The van der Waals surface area contributed by atoms with Crippen LogP contribution in [-0.4, -0.2) is 37.0 Å². The molecule has 1 atom stereocenters. The zero-order valence-electron chi connectivity index (χ0n) is 15.3. The van der Waals surface area contributed by atoms with Gasteiger partial charge < -0.3 is 10.2 Å². The molecule has 3 heteroatoms. The molecule has 2 aromatic rings. The van der Waals surface area contributed by atoms with Crippen LogP contribution in [0.4, 0.5) is 0 Å². The predicted molar refractivity (Wildman–Crippen MR) is 104 cm³/mol. The molecule has 1 aliphatic carbocycles. The first-order chi connectivity index (χ1) is 12.8. The lowest BCUT2D eigenvalue weighted by atomic mass is 9.81. The van der Waals surface area contributed by atoms with Gasteiger partial charge in [-0.2, -0.15) is 0 Å². The van der Waals surface area contributed by atoms with Crippen molar-refractivity contribution in [1.82, 2.24) is 10.2 Å². The van der Waals surface area contributed by atoms with Crippen LogP contribution in [0.5, 0.6) is 0 Å². The van der Waals surface area contributed by atoms with Gasteiger partial charge in [-0.25, -0.2) is 0 Å². The number of carbonyl (C=O) groups excluding carboxylic acids is 1. The molecule has 0 saturated carbocycles. The Labute approximate surface area is 155 Å². The predicted octanol–water partition coefficient (Wildman–Crippen LogP) is 3.10. The van der Waals surface area contributed by atoms with Crippen LogP contribution in [0.25, 0.3) is 0 Å². The number of nitrogens with zero attached hydrogens (tertiary/aromatic N) is 1. The minimum absolute atomic E-state index is 0.196. The van der Waals surface area contributed by atoms with Crippen LogP contribution in [-0.2, 0) is 24.7 Å². The van der Waals surface area contributed by atoms with E-state index in [4.69, 9.17) is 0 Å². The van der Waals surface area contributed by atoms with E-state index in [0.29, 0.717) is 0 Å². The first kappa shape index (κ1) is 16.1. The second-order valence-corrected chi connectivity index (χ2v) is 8.15. The maximum absolute atomic E-state index is 13.2. The van der Waals surface area contributed by atoms with Gasteiger partial charge in [0.05, 0.1) is 0 Å². The molecule has 0 radical (unpaired) electrons. The Morgan fingerprint density at radius 1 is 0.923 bits per heavy atom. The Morgan fingerprint density at radius 3 is 2.69 bits per heavy atom. The summed E-state index contributed by atoms with van der Waals surface area (Å²) in [5.74, 6) is 0.214. The molecule has 1 N–H and O–H groups in total. The van der Waals surface area contributed by atoms with E-state index >= 15 is 0 Å². The highest BCUT2D eigenvalue weighted by Crippen LogP contribution is 2.45. The fourth-order valence-electron chi connectivity index (χ4n) is 5.22. The maximum atomic E-state index is 13.2. The van der Waals surface area contributed by atoms with Crippen molar-refractivity contribution in [3.63, 3.8) is 0 Å². The zero-order chi connectivity index (χ0) is 17.6. The number of fused-ring (bicyclic) bond motifs is 3. The second kappa shape index (κ2) is 6.24. The molecule has 2 aromatic carbocycles. The van der Waals surface area contributed by atoms with E-state index in [2.05, 4.69) is 46.6 Å². The second-order valence-electron chi connectivity index (χ2n) is 8.15. The van der Waals surface area contributed by atoms with E-state index in [9.17, 15) is 4.79 Å². The van der Waals surface area contributed by atoms with Gasteiger partial charge in [0.1, 0.15) is 0 Å². The molecule has 26 heavy (non-hydrogen) atoms. The topological polar surface area (TPSA) is 32.3 Å². The average Bonchev–Trinajstić information content (AvgIpc) is 3.19. The molecule has 1 unspecified atom stereocenters. The van der Waals surface area contributed by atoms with Crippen molar-refractivity contribution < 1.29 is 4.79 Å². The number of carbonyl (C=O) groups is 1. The number of aryl methyl sites for hydroxylation is 1. The molecule has 0 aromatic heterocycles. The van der Waals surface area contributed by atoms with Gasteiger partial charge in [0.15, 0.2) is 0 Å². The number of rotatable bonds is 1. The third kappa shape index (κ3) is 2.57. The number of likely N-dealkylation sites (tertiary alicyclic amines) is 1. The summed E-state index contributed by atoms with van der Waals surface area (Å²) in [4.78, 5) is 15.3. The third-order valence-corrected chi connectivity index (χ3v) is 6.70. The lowest BCUT2D eigenvalue weighted by Gasteiger charge is -2.25. The number of nitrogens with one attached hydrogen (secondary N) is 1. The van der Waals surface area contributed by atoms with Crippen LogP contribution < -0.4 is 5.32 Å². The standard InChI is InChI=1S/C23H26N2O/c26-22(20-6-5-17-8-12-24-13-9-19(17)15-20)25-14-11-23(16-25)10-7-18-3-1-2-4-21(18)23/h1-6,15,24H,7-14,16H2. The van der Waals surface area contributed by atoms with Crippen LogP contribution >= 0.6 is 0 Å². The van der Waals surface area contributed by atoms with E-state index in [0.717, 1.165) is 57.4 Å². The average molecular weight is 346 g/mol. The van der Waals surface area contributed by atoms with Crippen molar-refractivity contribution in [1.29, 1.82) is 0 Å². The molecule has 1 fully saturated rings. The quantitative estimate of drug-likeness (QED) is 0.860. The Kier molecular flexibility index (Phi) is 3.86. The fraction of sp³-hybridized carbons (Fsp3) is 0.435. The van der Waals surface area contributed by atoms with E-state index in [1.807, 2.05) is 6.07 Å². The summed E-state index contributed by atoms with van der Waals surface area (Å²) in [5.41, 5.74) is 6.79. The number of benzene rings is 2. The van der Waals surface area contributed by atoms with Gasteiger partial charge in [0, 0.05) is 24.1 Å². The summed E-state index contributed by atoms with van der Waals surface area (Å²) in [5, 5.41) is 3.44. The molecule has 3 nitrogen and oxygen atoms in total. The first-order valence-corrected chi connectivity index (χ1v) is 9.95. The van der Waals surface area contributed by atoms with Crippen molar-refractivity contribution in [3.8, 4) is 0 Å². The molecule has 3 aliphatic rings. The summed E-state index contributed by atoms with van der Waals surface area (Å²) in [6.45, 7) is 3.80. The molecule has 134 valence electrons. The highest BCUT2D eigenvalue weighted by Gasteiger charge is 2.45. The van der Waals surface area contributed by atoms with Gasteiger partial charge in [-0.1, -0.05) is 30.3 Å². The lowest BCUT2D eigenvalue weighted by Crippen LogP contribution is -2.33. The first-order valence-electron chi connectivity index (χ1n) is 9.95. The van der Waals surface area contributed by atoms with Gasteiger partial charge in [-0.15, -0.1) is 0 Å². The number of hydrogen-bond acceptors (Lipinski definition) is 2. The van der Waals surface area contributed by atoms with Crippen molar-refractivity contribution in [2.75, 3.05) is 26.2 Å². The van der Waals surface area contributed by atoms with E-state index in [1.165, 1.54) is 28.7 Å². The van der Waals surface area contributed by atoms with Gasteiger partial charge in [-0.05, 0) is 79.6 Å². The van der Waals surface area contributed by atoms with Crippen LogP contribution in [0.2, 0.25) is 0 Å². The molecule has 1 saturated heterocycles. The fourth-order valence-corrected chi connectivity index (χ4v) is 5.22. The minimum Gasteiger partial charge on any atom is -0.338 e. The molecule has 0 bridgehead atoms. The maximum Gasteiger partial charge on any atom is 0.253 e. The summed E-state index contributed by atoms with van der Waals surface area (Å²) in [7, 11) is 0. The lowest BCUT2D eigenvalue weighted by molar-refractivity contribution is 0.0783. The molecule has 2 aliphatic heterocycles. The smallest absolute Gasteiger partial charge is 0.253 e. The monoisotopic (exact) mass is 346 g/mol. The SMILES string of the molecule is O=C(c1ccc2c(c1)CCNCC2)N1CCC2(CCc3ccccc32)C1. The largest absolute Gasteiger partial charge is 0.338 e. The number of amides is 1. The highest BCUT2D eigenvalue weighted by atomic mass is 16.2. The van der Waals surface area contributed by atoms with Crippen LogP contribution in [0.3, 0.4) is 0 Å². The van der Waals surface area contributed by atoms with Gasteiger partial charge >= 0.3 is 0 Å². The van der Waals surface area contributed by atoms with Crippen molar-refractivity contribution in [2.24, 2.45) is 0 Å². The van der Waals surface area contributed by atoms with Crippen LogP contribution in [0.15, 0.2) is 42.5 Å². The van der Waals surface area contributed by atoms with Crippen LogP contribution in [0.1, 0.15) is 45.5 Å².